The van der Waals surface area contributed by atoms with E-state index in [0.717, 1.165) is 52.1 Å². The Hall–Kier alpha value is -2.57. The summed E-state index contributed by atoms with van der Waals surface area (Å²) in [6.07, 6.45) is 11.3. The molecule has 0 bridgehead atoms. The molecule has 0 amide bonds. The van der Waals surface area contributed by atoms with Crippen molar-refractivity contribution in [1.82, 2.24) is 14.3 Å². The van der Waals surface area contributed by atoms with Crippen molar-refractivity contribution in [2.45, 2.75) is 58.9 Å². The summed E-state index contributed by atoms with van der Waals surface area (Å²) in [4.78, 5) is 21.2. The van der Waals surface area contributed by atoms with E-state index in [4.69, 9.17) is 0 Å². The number of Topliss-reactive ketones (excluding diaryl/α,β-unsaturated/α-hetero) is 1. The van der Waals surface area contributed by atoms with Gasteiger partial charge in [-0.25, -0.2) is 4.31 Å². The highest BCUT2D eigenvalue weighted by molar-refractivity contribution is 7.97. The number of aromatic nitrogens is 2. The van der Waals surface area contributed by atoms with Crippen molar-refractivity contribution in [2.24, 2.45) is 5.92 Å². The molecule has 2 aromatic heterocycles. The lowest BCUT2D eigenvalue weighted by Crippen LogP contribution is -2.31. The van der Waals surface area contributed by atoms with Crippen LogP contribution in [0.1, 0.15) is 68.4 Å². The number of pyridine rings is 1. The second-order valence-corrected chi connectivity index (χ2v) is 10.2. The first-order valence-corrected chi connectivity index (χ1v) is 13.5. The number of para-hydroxylation sites is 1. The molecule has 0 saturated heterocycles. The van der Waals surface area contributed by atoms with Gasteiger partial charge in [0.05, 0.1) is 30.0 Å². The third-order valence-corrected chi connectivity index (χ3v) is 7.67. The van der Waals surface area contributed by atoms with E-state index >= 15 is 0 Å². The summed E-state index contributed by atoms with van der Waals surface area (Å²) < 4.78 is 2.24. The molecule has 4 rings (SSSR count). The van der Waals surface area contributed by atoms with Gasteiger partial charge in [-0.2, -0.15) is 0 Å². The third-order valence-electron chi connectivity index (χ3n) is 6.43. The number of fused-ring (bicyclic) bond motifs is 1. The Balaban J connectivity index is 1.54. The molecule has 3 aromatic rings. The molecule has 0 spiro atoms. The molecule has 1 aliphatic rings. The van der Waals surface area contributed by atoms with Crippen molar-refractivity contribution in [2.75, 3.05) is 17.6 Å². The van der Waals surface area contributed by atoms with Gasteiger partial charge in [0.2, 0.25) is 0 Å². The Morgan fingerprint density at radius 3 is 2.56 bits per heavy atom. The molecule has 1 aliphatic heterocycles. The number of ketones is 1. The van der Waals surface area contributed by atoms with Crippen molar-refractivity contribution >= 4 is 29.1 Å². The van der Waals surface area contributed by atoms with Gasteiger partial charge in [-0.05, 0) is 43.0 Å². The lowest BCUT2D eigenvalue weighted by molar-refractivity contribution is 0.0955. The average molecular weight is 477 g/mol. The van der Waals surface area contributed by atoms with Crippen LogP contribution >= 0.6 is 11.9 Å². The first kappa shape index (κ1) is 24.6. The van der Waals surface area contributed by atoms with E-state index in [1.165, 1.54) is 38.5 Å². The fourth-order valence-corrected chi connectivity index (χ4v) is 5.86. The molecular formula is C28H36N4OS. The molecule has 0 saturated carbocycles. The number of hydrogen-bond acceptors (Lipinski definition) is 5. The zero-order valence-corrected chi connectivity index (χ0v) is 21.2. The highest BCUT2D eigenvalue weighted by Crippen LogP contribution is 2.39. The second kappa shape index (κ2) is 12.2. The molecule has 5 nitrogen and oxygen atoms in total. The number of aromatic amines is 1. The Morgan fingerprint density at radius 1 is 1.03 bits per heavy atom. The molecule has 3 heterocycles. The molecule has 34 heavy (non-hydrogen) atoms. The molecule has 1 atom stereocenters. The minimum atomic E-state index is 0.168. The average Bonchev–Trinajstić information content (AvgIpc) is 3.22. The van der Waals surface area contributed by atoms with Crippen LogP contribution in [-0.2, 0) is 6.54 Å². The molecule has 2 N–H and O–H groups in total. The predicted octanol–water partition coefficient (Wildman–Crippen LogP) is 7.46. The number of unbranched alkanes of at least 4 members (excludes halogenated alkanes) is 2. The van der Waals surface area contributed by atoms with Gasteiger partial charge in [0.25, 0.3) is 0 Å². The van der Waals surface area contributed by atoms with Gasteiger partial charge in [-0.1, -0.05) is 69.7 Å². The number of anilines is 2. The zero-order chi connectivity index (χ0) is 23.8. The number of carbonyl (C=O) groups is 1. The second-order valence-electron chi connectivity index (χ2n) is 9.12. The van der Waals surface area contributed by atoms with Crippen molar-refractivity contribution in [3.05, 3.63) is 66.1 Å². The van der Waals surface area contributed by atoms with Crippen LogP contribution in [0.25, 0.3) is 11.3 Å². The maximum absolute atomic E-state index is 13.4. The van der Waals surface area contributed by atoms with Gasteiger partial charge in [-0.3, -0.25) is 9.78 Å². The quantitative estimate of drug-likeness (QED) is 0.210. The standard InChI is InChI=1S/C28H36N4OS/c1-3-5-7-11-21(10-4-2)20-34-32-18-24-26(25(33)19-32)28(30-23-12-8-6-9-13-23)27(31-24)22-14-16-29-17-15-22/h6,8-9,12-17,21,30-31H,3-5,7,10-11,18-20H2,1-2H3. The minimum Gasteiger partial charge on any atom is -0.355 e. The van der Waals surface area contributed by atoms with Gasteiger partial charge in [0, 0.05) is 35.1 Å². The largest absolute Gasteiger partial charge is 0.355 e. The van der Waals surface area contributed by atoms with E-state index in [2.05, 4.69) is 33.4 Å². The highest BCUT2D eigenvalue weighted by Gasteiger charge is 2.31. The van der Waals surface area contributed by atoms with Crippen LogP contribution in [0.3, 0.4) is 0 Å². The van der Waals surface area contributed by atoms with Crippen LogP contribution < -0.4 is 5.32 Å². The van der Waals surface area contributed by atoms with Gasteiger partial charge < -0.3 is 10.3 Å². The van der Waals surface area contributed by atoms with Crippen molar-refractivity contribution in [3.8, 4) is 11.3 Å². The number of nitrogens with zero attached hydrogens (tertiary/aromatic N) is 2. The van der Waals surface area contributed by atoms with E-state index in [0.29, 0.717) is 6.54 Å². The Kier molecular flexibility index (Phi) is 8.83. The SMILES string of the molecule is CCCCCC(CCC)CSN1CC(=O)c2c([nH]c(-c3ccncc3)c2Nc2ccccc2)C1. The first-order valence-electron chi connectivity index (χ1n) is 12.6. The molecule has 6 heteroatoms. The molecule has 1 unspecified atom stereocenters. The lowest BCUT2D eigenvalue weighted by Gasteiger charge is -2.27. The predicted molar refractivity (Wildman–Crippen MR) is 143 cm³/mol. The van der Waals surface area contributed by atoms with E-state index < -0.39 is 0 Å². The normalized spacial score (nSPS) is 14.7. The van der Waals surface area contributed by atoms with E-state index in [1.54, 1.807) is 12.4 Å². The monoisotopic (exact) mass is 476 g/mol. The first-order chi connectivity index (χ1) is 16.7. The maximum Gasteiger partial charge on any atom is 0.181 e. The fraction of sp³-hybridized carbons (Fsp3) is 0.429. The maximum atomic E-state index is 13.4. The number of benzene rings is 1. The van der Waals surface area contributed by atoms with E-state index in [-0.39, 0.29) is 5.78 Å². The fourth-order valence-electron chi connectivity index (χ4n) is 4.68. The van der Waals surface area contributed by atoms with Crippen LogP contribution in [0.2, 0.25) is 0 Å². The van der Waals surface area contributed by atoms with Gasteiger partial charge in [0.1, 0.15) is 0 Å². The van der Waals surface area contributed by atoms with Crippen LogP contribution in [0.5, 0.6) is 0 Å². The number of hydrogen-bond donors (Lipinski definition) is 2. The van der Waals surface area contributed by atoms with Gasteiger partial charge in [-0.15, -0.1) is 0 Å². The Labute approximate surface area is 207 Å². The molecular weight excluding hydrogens is 440 g/mol. The number of H-pyrrole nitrogens is 1. The van der Waals surface area contributed by atoms with Crippen molar-refractivity contribution in [3.63, 3.8) is 0 Å². The van der Waals surface area contributed by atoms with E-state index in [9.17, 15) is 4.79 Å². The third kappa shape index (κ3) is 6.10. The number of carbonyl (C=O) groups excluding carboxylic acids is 1. The summed E-state index contributed by atoms with van der Waals surface area (Å²) >= 11 is 1.85. The van der Waals surface area contributed by atoms with Crippen molar-refractivity contribution in [1.29, 1.82) is 0 Å². The summed E-state index contributed by atoms with van der Waals surface area (Å²) in [5.74, 6) is 1.99. The molecule has 180 valence electrons. The Morgan fingerprint density at radius 2 is 1.82 bits per heavy atom. The van der Waals surface area contributed by atoms with Crippen LogP contribution in [-0.4, -0.2) is 32.4 Å². The minimum absolute atomic E-state index is 0.168. The van der Waals surface area contributed by atoms with Gasteiger partial charge in [0.15, 0.2) is 5.78 Å². The number of nitrogens with one attached hydrogen (secondary N) is 2. The summed E-state index contributed by atoms with van der Waals surface area (Å²) in [6.45, 7) is 5.73. The number of rotatable bonds is 12. The summed E-state index contributed by atoms with van der Waals surface area (Å²) in [5.41, 5.74) is 5.59. The summed E-state index contributed by atoms with van der Waals surface area (Å²) in [6, 6.07) is 14.0. The summed E-state index contributed by atoms with van der Waals surface area (Å²) in [5, 5.41) is 3.52. The molecule has 1 aromatic carbocycles. The van der Waals surface area contributed by atoms with Crippen molar-refractivity contribution < 1.29 is 4.79 Å². The lowest BCUT2D eigenvalue weighted by atomic mass is 9.98. The van der Waals surface area contributed by atoms with Crippen LogP contribution in [0.15, 0.2) is 54.9 Å². The van der Waals surface area contributed by atoms with Crippen LogP contribution in [0.4, 0.5) is 11.4 Å². The molecule has 0 radical (unpaired) electrons. The molecule has 0 fully saturated rings. The topological polar surface area (TPSA) is 61.0 Å². The van der Waals surface area contributed by atoms with Gasteiger partial charge >= 0.3 is 0 Å². The zero-order valence-electron chi connectivity index (χ0n) is 20.3. The Bertz CT molecular complexity index is 1050. The highest BCUT2D eigenvalue weighted by atomic mass is 32.2. The molecule has 0 aliphatic carbocycles. The van der Waals surface area contributed by atoms with E-state index in [1.807, 2.05) is 54.4 Å². The smallest absolute Gasteiger partial charge is 0.181 e. The van der Waals surface area contributed by atoms with Crippen LogP contribution in [0, 0.1) is 5.92 Å². The summed E-state index contributed by atoms with van der Waals surface area (Å²) in [7, 11) is 0.